The van der Waals surface area contributed by atoms with Crippen LogP contribution in [0.3, 0.4) is 0 Å². The maximum atomic E-state index is 11.6. The smallest absolute Gasteiger partial charge is 0.408 e. The van der Waals surface area contributed by atoms with Gasteiger partial charge in [0.1, 0.15) is 11.9 Å². The molecule has 0 bridgehead atoms. The van der Waals surface area contributed by atoms with Crippen LogP contribution in [0.15, 0.2) is 24.3 Å². The molecule has 1 aromatic carbocycles. The fourth-order valence-electron chi connectivity index (χ4n) is 1.62. The molecule has 0 radical (unpaired) electrons. The maximum Gasteiger partial charge on any atom is 0.408 e. The number of benzene rings is 1. The molecule has 1 aromatic rings. The number of nitrogens with one attached hydrogen (secondary N) is 1. The topological polar surface area (TPSA) is 73.9 Å². The average molecular weight is 295 g/mol. The van der Waals surface area contributed by atoms with Crippen LogP contribution >= 0.6 is 0 Å². The Morgan fingerprint density at radius 2 is 1.90 bits per heavy atom. The van der Waals surface area contributed by atoms with Crippen LogP contribution in [0.2, 0.25) is 0 Å². The van der Waals surface area contributed by atoms with E-state index in [1.165, 1.54) is 7.11 Å². The molecule has 0 saturated heterocycles. The van der Waals surface area contributed by atoms with Crippen LogP contribution in [0.1, 0.15) is 26.3 Å². The third-order valence-corrected chi connectivity index (χ3v) is 2.42. The standard InChI is InChI=1S/C15H21NO5/c1-15(2,3)20-14(18)16-12(10-17)9-11-5-7-13(8-6-11)21-19-4/h5-8,10,12H,9H2,1-4H3,(H,16,18)/t12-/m0/s1. The van der Waals surface area contributed by atoms with Gasteiger partial charge in [-0.3, -0.25) is 0 Å². The molecular weight excluding hydrogens is 274 g/mol. The van der Waals surface area contributed by atoms with Crippen molar-refractivity contribution in [2.45, 2.75) is 38.8 Å². The van der Waals surface area contributed by atoms with Crippen molar-refractivity contribution in [2.24, 2.45) is 0 Å². The van der Waals surface area contributed by atoms with Gasteiger partial charge in [-0.2, -0.15) is 4.89 Å². The van der Waals surface area contributed by atoms with Gasteiger partial charge in [-0.1, -0.05) is 12.1 Å². The highest BCUT2D eigenvalue weighted by Gasteiger charge is 2.19. The van der Waals surface area contributed by atoms with E-state index in [1.807, 2.05) is 0 Å². The number of hydrogen-bond acceptors (Lipinski definition) is 5. The lowest BCUT2D eigenvalue weighted by atomic mass is 10.1. The molecular formula is C15H21NO5. The first-order valence-corrected chi connectivity index (χ1v) is 6.58. The fraction of sp³-hybridized carbons (Fsp3) is 0.467. The van der Waals surface area contributed by atoms with Gasteiger partial charge in [0.15, 0.2) is 5.75 Å². The van der Waals surface area contributed by atoms with E-state index < -0.39 is 17.7 Å². The van der Waals surface area contributed by atoms with Crippen LogP contribution in [-0.2, 0) is 20.8 Å². The second kappa shape index (κ2) is 7.64. The third kappa shape index (κ3) is 6.76. The Bertz CT molecular complexity index is 464. The second-order valence-electron chi connectivity index (χ2n) is 5.49. The zero-order chi connectivity index (χ0) is 15.9. The molecule has 0 aromatic heterocycles. The van der Waals surface area contributed by atoms with Crippen molar-refractivity contribution in [3.63, 3.8) is 0 Å². The quantitative estimate of drug-likeness (QED) is 0.495. The first-order valence-electron chi connectivity index (χ1n) is 6.58. The van der Waals surface area contributed by atoms with E-state index in [0.717, 1.165) is 5.56 Å². The van der Waals surface area contributed by atoms with Gasteiger partial charge < -0.3 is 19.7 Å². The SMILES string of the molecule is COOc1ccc(C[C@@H](C=O)NC(=O)OC(C)(C)C)cc1. The predicted octanol–water partition coefficient (Wildman–Crippen LogP) is 2.26. The van der Waals surface area contributed by atoms with Gasteiger partial charge in [0, 0.05) is 0 Å². The lowest BCUT2D eigenvalue weighted by molar-refractivity contribution is -0.178. The van der Waals surface area contributed by atoms with Gasteiger partial charge in [0.2, 0.25) is 0 Å². The Labute approximate surface area is 124 Å². The predicted molar refractivity (Wildman–Crippen MR) is 77.0 cm³/mol. The minimum absolute atomic E-state index is 0.371. The molecule has 0 spiro atoms. The van der Waals surface area contributed by atoms with Gasteiger partial charge in [-0.05, 0) is 44.9 Å². The summed E-state index contributed by atoms with van der Waals surface area (Å²) in [5, 5.41) is 2.53. The van der Waals surface area contributed by atoms with Crippen molar-refractivity contribution in [3.8, 4) is 5.75 Å². The summed E-state index contributed by atoms with van der Waals surface area (Å²) < 4.78 is 5.11. The molecule has 6 nitrogen and oxygen atoms in total. The minimum Gasteiger partial charge on any atom is -0.444 e. The zero-order valence-corrected chi connectivity index (χ0v) is 12.7. The lowest BCUT2D eigenvalue weighted by Crippen LogP contribution is -2.41. The molecule has 0 aliphatic rings. The number of rotatable bonds is 6. The van der Waals surface area contributed by atoms with Crippen molar-refractivity contribution in [1.82, 2.24) is 5.32 Å². The van der Waals surface area contributed by atoms with Crippen LogP contribution in [0.5, 0.6) is 5.75 Å². The Hall–Kier alpha value is -2.08. The van der Waals surface area contributed by atoms with Crippen molar-refractivity contribution >= 4 is 12.4 Å². The van der Waals surface area contributed by atoms with Crippen LogP contribution in [-0.4, -0.2) is 31.1 Å². The van der Waals surface area contributed by atoms with Crippen molar-refractivity contribution < 1.29 is 24.1 Å². The summed E-state index contributed by atoms with van der Waals surface area (Å²) in [6, 6.07) is 6.38. The highest BCUT2D eigenvalue weighted by molar-refractivity contribution is 5.73. The molecule has 0 aliphatic carbocycles. The highest BCUT2D eigenvalue weighted by Crippen LogP contribution is 2.13. The molecule has 0 aliphatic heterocycles. The monoisotopic (exact) mass is 295 g/mol. The summed E-state index contributed by atoms with van der Waals surface area (Å²) in [5.41, 5.74) is 0.281. The lowest BCUT2D eigenvalue weighted by Gasteiger charge is -2.21. The summed E-state index contributed by atoms with van der Waals surface area (Å²) in [7, 11) is 1.42. The van der Waals surface area contributed by atoms with Crippen LogP contribution in [0.4, 0.5) is 4.79 Å². The first kappa shape index (κ1) is 17.0. The van der Waals surface area contributed by atoms with E-state index in [1.54, 1.807) is 45.0 Å². The maximum absolute atomic E-state index is 11.6. The van der Waals surface area contributed by atoms with E-state index in [4.69, 9.17) is 9.62 Å². The van der Waals surface area contributed by atoms with E-state index in [0.29, 0.717) is 18.5 Å². The normalized spacial score (nSPS) is 12.4. The summed E-state index contributed by atoms with van der Waals surface area (Å²) in [5.74, 6) is 0.559. The molecule has 6 heteroatoms. The number of alkyl carbamates (subject to hydrolysis) is 1. The highest BCUT2D eigenvalue weighted by atomic mass is 17.2. The molecule has 21 heavy (non-hydrogen) atoms. The molecule has 1 rings (SSSR count). The summed E-state index contributed by atoms with van der Waals surface area (Å²) in [6.45, 7) is 5.28. The zero-order valence-electron chi connectivity index (χ0n) is 12.7. The van der Waals surface area contributed by atoms with Gasteiger partial charge >= 0.3 is 6.09 Å². The Morgan fingerprint density at radius 1 is 1.29 bits per heavy atom. The Balaban J connectivity index is 2.57. The molecule has 1 amide bonds. The number of carbonyl (C=O) groups excluding carboxylic acids is 2. The first-order chi connectivity index (χ1) is 9.84. The third-order valence-electron chi connectivity index (χ3n) is 2.42. The van der Waals surface area contributed by atoms with Gasteiger partial charge in [-0.25, -0.2) is 4.79 Å². The fourth-order valence-corrected chi connectivity index (χ4v) is 1.62. The van der Waals surface area contributed by atoms with E-state index in [9.17, 15) is 9.59 Å². The molecule has 0 saturated carbocycles. The van der Waals surface area contributed by atoms with Gasteiger partial charge in [0.05, 0.1) is 13.2 Å². The molecule has 0 fully saturated rings. The van der Waals surface area contributed by atoms with Crippen LogP contribution < -0.4 is 10.2 Å². The summed E-state index contributed by atoms with van der Waals surface area (Å²) >= 11 is 0. The number of hydrogen-bond donors (Lipinski definition) is 1. The molecule has 0 heterocycles. The van der Waals surface area contributed by atoms with E-state index in [-0.39, 0.29) is 0 Å². The second-order valence-corrected chi connectivity index (χ2v) is 5.49. The van der Waals surface area contributed by atoms with Gasteiger partial charge in [-0.15, -0.1) is 0 Å². The van der Waals surface area contributed by atoms with Gasteiger partial charge in [0.25, 0.3) is 0 Å². The number of ether oxygens (including phenoxy) is 1. The average Bonchev–Trinajstić information content (AvgIpc) is 2.38. The Kier molecular flexibility index (Phi) is 6.17. The van der Waals surface area contributed by atoms with Crippen molar-refractivity contribution in [1.29, 1.82) is 0 Å². The minimum atomic E-state index is -0.644. The van der Waals surface area contributed by atoms with Crippen LogP contribution in [0.25, 0.3) is 0 Å². The summed E-state index contributed by atoms with van der Waals surface area (Å²) in [6.07, 6.45) is 0.443. The molecule has 0 unspecified atom stereocenters. The molecule has 1 atom stereocenters. The Morgan fingerprint density at radius 3 is 2.38 bits per heavy atom. The largest absolute Gasteiger partial charge is 0.444 e. The molecule has 116 valence electrons. The summed E-state index contributed by atoms with van der Waals surface area (Å²) in [4.78, 5) is 32.1. The number of amides is 1. The van der Waals surface area contributed by atoms with E-state index >= 15 is 0 Å². The van der Waals surface area contributed by atoms with Crippen LogP contribution in [0, 0.1) is 0 Å². The van der Waals surface area contributed by atoms with Crippen molar-refractivity contribution in [3.05, 3.63) is 29.8 Å². The number of aldehydes is 1. The molecule has 1 N–H and O–H groups in total. The number of carbonyl (C=O) groups is 2. The van der Waals surface area contributed by atoms with Crippen molar-refractivity contribution in [2.75, 3.05) is 7.11 Å². The van der Waals surface area contributed by atoms with E-state index in [2.05, 4.69) is 10.2 Å².